The van der Waals surface area contributed by atoms with E-state index < -0.39 is 0 Å². The van der Waals surface area contributed by atoms with Gasteiger partial charge in [-0.2, -0.15) is 0 Å². The van der Waals surface area contributed by atoms with E-state index in [0.717, 1.165) is 38.2 Å². The Bertz CT molecular complexity index is 576. The minimum atomic E-state index is 0. The van der Waals surface area contributed by atoms with Gasteiger partial charge in [0.15, 0.2) is 5.96 Å². The second kappa shape index (κ2) is 12.2. The molecule has 0 saturated carbocycles. The van der Waals surface area contributed by atoms with Crippen LogP contribution in [-0.4, -0.2) is 68.1 Å². The van der Waals surface area contributed by atoms with Crippen LogP contribution < -0.4 is 10.6 Å². The van der Waals surface area contributed by atoms with Crippen molar-refractivity contribution in [2.75, 3.05) is 46.3 Å². The predicted molar refractivity (Wildman–Crippen MR) is 128 cm³/mol. The Morgan fingerprint density at radius 2 is 2.07 bits per heavy atom. The fraction of sp³-hybridized carbons (Fsp3) is 0.750. The Kier molecular flexibility index (Phi) is 10.4. The SMILES string of the molecule is CN=C(NCCCN1CCCCC1C)NCCN1CCc2sccc2C1.I. The number of aliphatic imine (C=N–C) groups is 1. The van der Waals surface area contributed by atoms with E-state index in [1.807, 2.05) is 18.4 Å². The molecule has 3 heterocycles. The van der Waals surface area contributed by atoms with Crippen molar-refractivity contribution < 1.29 is 0 Å². The van der Waals surface area contributed by atoms with Crippen LogP contribution in [0.15, 0.2) is 16.4 Å². The van der Waals surface area contributed by atoms with Crippen molar-refractivity contribution in [2.45, 2.75) is 51.6 Å². The van der Waals surface area contributed by atoms with E-state index in [1.165, 1.54) is 57.3 Å². The second-order valence-corrected chi connectivity index (χ2v) is 8.56. The molecular formula is C20H36IN5S. The summed E-state index contributed by atoms with van der Waals surface area (Å²) in [5.74, 6) is 0.935. The summed E-state index contributed by atoms with van der Waals surface area (Å²) in [5, 5.41) is 9.16. The number of rotatable bonds is 7. The van der Waals surface area contributed by atoms with Gasteiger partial charge in [-0.1, -0.05) is 6.42 Å². The Labute approximate surface area is 186 Å². The molecule has 1 fully saturated rings. The molecule has 1 atom stereocenters. The van der Waals surface area contributed by atoms with E-state index in [2.05, 4.69) is 43.8 Å². The maximum absolute atomic E-state index is 4.36. The van der Waals surface area contributed by atoms with E-state index in [0.29, 0.717) is 0 Å². The molecule has 7 heteroatoms. The van der Waals surface area contributed by atoms with Gasteiger partial charge in [0.25, 0.3) is 0 Å². The highest BCUT2D eigenvalue weighted by atomic mass is 127. The zero-order valence-corrected chi connectivity index (χ0v) is 20.0. The third-order valence-electron chi connectivity index (χ3n) is 5.69. The van der Waals surface area contributed by atoms with Gasteiger partial charge in [-0.25, -0.2) is 0 Å². The Morgan fingerprint density at radius 1 is 1.22 bits per heavy atom. The number of fused-ring (bicyclic) bond motifs is 1. The molecule has 1 aromatic heterocycles. The summed E-state index contributed by atoms with van der Waals surface area (Å²) in [6.45, 7) is 10.1. The number of nitrogens with one attached hydrogen (secondary N) is 2. The standard InChI is InChI=1S/C20H35N5S.HI/c1-17-6-3-4-11-25(17)12-5-9-22-20(21-2)23-10-14-24-13-7-19-18(16-24)8-15-26-19;/h8,15,17H,3-7,9-14,16H2,1-2H3,(H2,21,22,23);1H. The summed E-state index contributed by atoms with van der Waals surface area (Å²) in [4.78, 5) is 11.1. The molecule has 0 bridgehead atoms. The van der Waals surface area contributed by atoms with Gasteiger partial charge in [0.2, 0.25) is 0 Å². The van der Waals surface area contributed by atoms with Gasteiger partial charge in [-0.3, -0.25) is 9.89 Å². The van der Waals surface area contributed by atoms with Crippen molar-refractivity contribution in [1.29, 1.82) is 0 Å². The van der Waals surface area contributed by atoms with Crippen LogP contribution in [0.2, 0.25) is 0 Å². The molecular weight excluding hydrogens is 469 g/mol. The van der Waals surface area contributed by atoms with E-state index in [-0.39, 0.29) is 24.0 Å². The lowest BCUT2D eigenvalue weighted by atomic mass is 10.0. The zero-order valence-electron chi connectivity index (χ0n) is 16.9. The summed E-state index contributed by atoms with van der Waals surface area (Å²) in [5.41, 5.74) is 1.52. The lowest BCUT2D eigenvalue weighted by Gasteiger charge is -2.33. The van der Waals surface area contributed by atoms with Crippen molar-refractivity contribution >= 4 is 41.3 Å². The van der Waals surface area contributed by atoms with Crippen LogP contribution in [-0.2, 0) is 13.0 Å². The highest BCUT2D eigenvalue weighted by Gasteiger charge is 2.18. The molecule has 1 aromatic rings. The molecule has 0 amide bonds. The van der Waals surface area contributed by atoms with Gasteiger partial charge >= 0.3 is 0 Å². The Hall–Kier alpha value is -0.380. The summed E-state index contributed by atoms with van der Waals surface area (Å²) in [6.07, 6.45) is 6.51. The van der Waals surface area contributed by atoms with Crippen LogP contribution >= 0.6 is 35.3 Å². The molecule has 1 saturated heterocycles. The van der Waals surface area contributed by atoms with Crippen molar-refractivity contribution in [3.05, 3.63) is 21.9 Å². The molecule has 3 rings (SSSR count). The molecule has 154 valence electrons. The maximum atomic E-state index is 4.36. The van der Waals surface area contributed by atoms with E-state index in [9.17, 15) is 0 Å². The van der Waals surface area contributed by atoms with Gasteiger partial charge < -0.3 is 15.5 Å². The molecule has 2 aliphatic rings. The number of piperidine rings is 1. The van der Waals surface area contributed by atoms with Gasteiger partial charge in [-0.05, 0) is 56.2 Å². The number of halogens is 1. The molecule has 0 aromatic carbocycles. The number of likely N-dealkylation sites (tertiary alicyclic amines) is 1. The minimum Gasteiger partial charge on any atom is -0.356 e. The van der Waals surface area contributed by atoms with Crippen LogP contribution in [0.5, 0.6) is 0 Å². The van der Waals surface area contributed by atoms with Crippen molar-refractivity contribution in [2.24, 2.45) is 4.99 Å². The minimum absolute atomic E-state index is 0. The van der Waals surface area contributed by atoms with Crippen molar-refractivity contribution in [3.8, 4) is 0 Å². The van der Waals surface area contributed by atoms with Gasteiger partial charge in [0.1, 0.15) is 0 Å². The second-order valence-electron chi connectivity index (χ2n) is 7.56. The Morgan fingerprint density at radius 3 is 2.89 bits per heavy atom. The van der Waals surface area contributed by atoms with E-state index in [1.54, 1.807) is 4.88 Å². The topological polar surface area (TPSA) is 42.9 Å². The van der Waals surface area contributed by atoms with Crippen LogP contribution in [0.4, 0.5) is 0 Å². The van der Waals surface area contributed by atoms with Crippen molar-refractivity contribution in [3.63, 3.8) is 0 Å². The normalized spacial score (nSPS) is 21.4. The van der Waals surface area contributed by atoms with Gasteiger partial charge in [-0.15, -0.1) is 35.3 Å². The number of guanidine groups is 1. The predicted octanol–water partition coefficient (Wildman–Crippen LogP) is 3.15. The molecule has 5 nitrogen and oxygen atoms in total. The average molecular weight is 506 g/mol. The molecule has 0 radical (unpaired) electrons. The average Bonchev–Trinajstić information content (AvgIpc) is 3.13. The fourth-order valence-electron chi connectivity index (χ4n) is 4.03. The molecule has 1 unspecified atom stereocenters. The smallest absolute Gasteiger partial charge is 0.191 e. The van der Waals surface area contributed by atoms with E-state index >= 15 is 0 Å². The molecule has 2 aliphatic heterocycles. The maximum Gasteiger partial charge on any atom is 0.191 e. The first-order valence-electron chi connectivity index (χ1n) is 10.2. The fourth-order valence-corrected chi connectivity index (χ4v) is 4.92. The highest BCUT2D eigenvalue weighted by Crippen LogP contribution is 2.23. The first kappa shape index (κ1) is 22.9. The monoisotopic (exact) mass is 505 g/mol. The largest absolute Gasteiger partial charge is 0.356 e. The molecule has 2 N–H and O–H groups in total. The van der Waals surface area contributed by atoms with Crippen LogP contribution in [0, 0.1) is 0 Å². The third kappa shape index (κ3) is 7.18. The number of hydrogen-bond acceptors (Lipinski definition) is 4. The summed E-state index contributed by atoms with van der Waals surface area (Å²) >= 11 is 1.91. The summed E-state index contributed by atoms with van der Waals surface area (Å²) in [7, 11) is 1.86. The number of hydrogen-bond donors (Lipinski definition) is 2. The first-order valence-corrected chi connectivity index (χ1v) is 11.1. The highest BCUT2D eigenvalue weighted by molar-refractivity contribution is 14.0. The molecule has 0 spiro atoms. The molecule has 0 aliphatic carbocycles. The quantitative estimate of drug-likeness (QED) is 0.259. The number of thiophene rings is 1. The van der Waals surface area contributed by atoms with Crippen LogP contribution in [0.25, 0.3) is 0 Å². The summed E-state index contributed by atoms with van der Waals surface area (Å²) in [6, 6.07) is 3.04. The lowest BCUT2D eigenvalue weighted by Crippen LogP contribution is -2.43. The first-order chi connectivity index (χ1) is 12.8. The van der Waals surface area contributed by atoms with Gasteiger partial charge in [0, 0.05) is 57.2 Å². The summed E-state index contributed by atoms with van der Waals surface area (Å²) < 4.78 is 0. The third-order valence-corrected chi connectivity index (χ3v) is 6.71. The van der Waals surface area contributed by atoms with E-state index in [4.69, 9.17) is 0 Å². The molecule has 27 heavy (non-hydrogen) atoms. The van der Waals surface area contributed by atoms with Crippen LogP contribution in [0.3, 0.4) is 0 Å². The lowest BCUT2D eigenvalue weighted by molar-refractivity contribution is 0.159. The Balaban J connectivity index is 0.00000261. The number of nitrogens with zero attached hydrogens (tertiary/aromatic N) is 3. The van der Waals surface area contributed by atoms with Gasteiger partial charge in [0.05, 0.1) is 0 Å². The zero-order chi connectivity index (χ0) is 18.2. The van der Waals surface area contributed by atoms with Crippen LogP contribution in [0.1, 0.15) is 43.0 Å². The van der Waals surface area contributed by atoms with Crippen molar-refractivity contribution in [1.82, 2.24) is 20.4 Å².